The molecule has 0 bridgehead atoms. The molecule has 4 N–H and O–H groups in total. The molecule has 1 saturated carbocycles. The van der Waals surface area contributed by atoms with Crippen LogP contribution in [0, 0.1) is 30.1 Å². The third-order valence-electron chi connectivity index (χ3n) is 11.3. The fraction of sp³-hybridized carbons (Fsp3) is 0.537. The number of nitrogens with two attached hydrogens (primary N) is 1. The van der Waals surface area contributed by atoms with E-state index in [4.69, 9.17) is 5.73 Å². The Morgan fingerprint density at radius 2 is 1.67 bits per heavy atom. The van der Waals surface area contributed by atoms with Crippen LogP contribution in [-0.4, -0.2) is 24.7 Å². The van der Waals surface area contributed by atoms with E-state index < -0.39 is 5.83 Å². The highest BCUT2D eigenvalue weighted by molar-refractivity contribution is 5.47. The quantitative estimate of drug-likeness (QED) is 0.0936. The molecule has 2 aliphatic heterocycles. The topological polar surface area (TPSA) is 65.7 Å². The number of likely N-dealkylation sites (tertiary alicyclic amines) is 1. The van der Waals surface area contributed by atoms with Gasteiger partial charge in [0, 0.05) is 48.1 Å². The Labute approximate surface area is 369 Å². The van der Waals surface area contributed by atoms with E-state index in [0.29, 0.717) is 16.9 Å². The lowest BCUT2D eigenvalue weighted by Crippen LogP contribution is -2.35. The molecule has 1 saturated heterocycles. The third-order valence-corrected chi connectivity index (χ3v) is 11.3. The second-order valence-corrected chi connectivity index (χ2v) is 18.1. The Morgan fingerprint density at radius 3 is 2.10 bits per heavy atom. The lowest BCUT2D eigenvalue weighted by molar-refractivity contribution is 0.233. The van der Waals surface area contributed by atoms with Crippen LogP contribution in [0.5, 0.6) is 0 Å². The number of nitrogens with zero attached hydrogens (tertiary/aromatic N) is 2. The van der Waals surface area contributed by atoms with Gasteiger partial charge < -0.3 is 21.3 Å². The predicted octanol–water partition coefficient (Wildman–Crippen LogP) is 15.0. The van der Waals surface area contributed by atoms with E-state index >= 15 is 0 Å². The van der Waals surface area contributed by atoms with Crippen molar-refractivity contribution in [3.63, 3.8) is 0 Å². The second kappa shape index (κ2) is 28.3. The van der Waals surface area contributed by atoms with Crippen molar-refractivity contribution in [3.8, 4) is 0 Å². The minimum absolute atomic E-state index is 0.161. The zero-order valence-corrected chi connectivity index (χ0v) is 40.8. The molecule has 1 aliphatic carbocycles. The van der Waals surface area contributed by atoms with Crippen LogP contribution in [0.1, 0.15) is 158 Å². The van der Waals surface area contributed by atoms with Crippen LogP contribution in [0.15, 0.2) is 132 Å². The molecular weight excluding hydrogens is 738 g/mol. The normalized spacial score (nSPS) is 21.2. The maximum atomic E-state index is 14.2. The molecule has 2 atom stereocenters. The first kappa shape index (κ1) is 55.7. The van der Waals surface area contributed by atoms with Gasteiger partial charge >= 0.3 is 0 Å². The highest BCUT2D eigenvalue weighted by atomic mass is 19.1. The van der Waals surface area contributed by atoms with Gasteiger partial charge in [-0.3, -0.25) is 4.99 Å². The molecule has 2 fully saturated rings. The first-order valence-corrected chi connectivity index (χ1v) is 22.6. The molecule has 336 valence electrons. The van der Waals surface area contributed by atoms with Crippen molar-refractivity contribution in [2.24, 2.45) is 33.9 Å². The van der Waals surface area contributed by atoms with Gasteiger partial charge in [0.1, 0.15) is 11.6 Å². The second-order valence-electron chi connectivity index (χ2n) is 18.1. The summed E-state index contributed by atoms with van der Waals surface area (Å²) in [7, 11) is 0. The summed E-state index contributed by atoms with van der Waals surface area (Å²) in [6.07, 6.45) is 20.8. The third kappa shape index (κ3) is 18.5. The SMILES string of the molecule is C=C/C(F)=C(\C=C)NC1=C(C)C(N)=CC(c2ccc(C3(C(=C)C)CCN(C(=C)C/C=C\C=C/N=C)C3)c(C)c2)N1.CC.CC(C)C.CC1CC(C)C1.CCCC(C)(C)CC. The number of nitrogens with one attached hydrogen (secondary N) is 2. The molecule has 2 heterocycles. The van der Waals surface area contributed by atoms with Crippen LogP contribution < -0.4 is 16.4 Å². The Bertz CT molecular complexity index is 1670. The summed E-state index contributed by atoms with van der Waals surface area (Å²) in [5, 5.41) is 6.56. The van der Waals surface area contributed by atoms with Crippen molar-refractivity contribution in [2.75, 3.05) is 13.1 Å². The molecule has 1 aromatic carbocycles. The molecule has 4 rings (SSSR count). The molecule has 5 nitrogen and oxygen atoms in total. The van der Waals surface area contributed by atoms with E-state index in [0.717, 1.165) is 72.2 Å². The summed E-state index contributed by atoms with van der Waals surface area (Å²) in [6, 6.07) is 6.37. The average molecular weight is 826 g/mol. The summed E-state index contributed by atoms with van der Waals surface area (Å²) in [6.45, 7) is 51.7. The van der Waals surface area contributed by atoms with Crippen LogP contribution in [-0.2, 0) is 5.41 Å². The fourth-order valence-corrected chi connectivity index (χ4v) is 7.49. The van der Waals surface area contributed by atoms with Gasteiger partial charge in [0.25, 0.3) is 0 Å². The fourth-order valence-electron chi connectivity index (χ4n) is 7.49. The minimum Gasteiger partial charge on any atom is -0.399 e. The van der Waals surface area contributed by atoms with E-state index in [1.54, 1.807) is 6.20 Å². The maximum absolute atomic E-state index is 14.2. The highest BCUT2D eigenvalue weighted by Crippen LogP contribution is 2.43. The van der Waals surface area contributed by atoms with Gasteiger partial charge in [0.05, 0.1) is 11.7 Å². The van der Waals surface area contributed by atoms with Crippen LogP contribution in [0.4, 0.5) is 4.39 Å². The number of dihydropyridines is 1. The Balaban J connectivity index is 0.00000143. The Kier molecular flexibility index (Phi) is 26.2. The molecule has 0 spiro atoms. The molecular formula is C54H88FN5. The first-order chi connectivity index (χ1) is 28.2. The van der Waals surface area contributed by atoms with Crippen molar-refractivity contribution >= 4 is 6.72 Å². The van der Waals surface area contributed by atoms with Gasteiger partial charge in [-0.15, -0.1) is 0 Å². The molecule has 0 amide bonds. The zero-order valence-electron chi connectivity index (χ0n) is 40.8. The summed E-state index contributed by atoms with van der Waals surface area (Å²) in [4.78, 5) is 6.08. The van der Waals surface area contributed by atoms with Crippen molar-refractivity contribution in [2.45, 2.75) is 153 Å². The van der Waals surface area contributed by atoms with Crippen LogP contribution in [0.25, 0.3) is 0 Å². The van der Waals surface area contributed by atoms with Crippen LogP contribution in [0.2, 0.25) is 0 Å². The smallest absolute Gasteiger partial charge is 0.146 e. The molecule has 0 radical (unpaired) electrons. The summed E-state index contributed by atoms with van der Waals surface area (Å²) >= 11 is 0. The number of aryl methyl sites for hydroxylation is 1. The molecule has 60 heavy (non-hydrogen) atoms. The van der Waals surface area contributed by atoms with Gasteiger partial charge in [-0.1, -0.05) is 151 Å². The van der Waals surface area contributed by atoms with Gasteiger partial charge in [0.2, 0.25) is 0 Å². The van der Waals surface area contributed by atoms with Crippen molar-refractivity contribution in [1.82, 2.24) is 15.5 Å². The molecule has 1 aromatic rings. The summed E-state index contributed by atoms with van der Waals surface area (Å²) < 4.78 is 14.2. The van der Waals surface area contributed by atoms with Crippen molar-refractivity contribution in [3.05, 3.63) is 144 Å². The van der Waals surface area contributed by atoms with Gasteiger partial charge in [-0.05, 0) is 117 Å². The number of halogens is 1. The largest absolute Gasteiger partial charge is 0.399 e. The number of rotatable bonds is 15. The zero-order chi connectivity index (χ0) is 46.2. The summed E-state index contributed by atoms with van der Waals surface area (Å²) in [5.74, 6) is 3.06. The monoisotopic (exact) mass is 826 g/mol. The number of aliphatic imine (C=N–C) groups is 1. The van der Waals surface area contributed by atoms with E-state index in [9.17, 15) is 4.39 Å². The predicted molar refractivity (Wildman–Crippen MR) is 266 cm³/mol. The molecule has 3 aliphatic rings. The highest BCUT2D eigenvalue weighted by Gasteiger charge is 2.41. The minimum atomic E-state index is -0.488. The van der Waals surface area contributed by atoms with Crippen molar-refractivity contribution < 1.29 is 4.39 Å². The average Bonchev–Trinajstić information content (AvgIpc) is 3.65. The molecule has 6 heteroatoms. The van der Waals surface area contributed by atoms with Crippen LogP contribution in [0.3, 0.4) is 0 Å². The van der Waals surface area contributed by atoms with E-state index in [-0.39, 0.29) is 17.2 Å². The maximum Gasteiger partial charge on any atom is 0.146 e. The van der Waals surface area contributed by atoms with E-state index in [1.165, 1.54) is 49.3 Å². The van der Waals surface area contributed by atoms with Gasteiger partial charge in [-0.2, -0.15) is 0 Å². The molecule has 0 aromatic heterocycles. The van der Waals surface area contributed by atoms with Gasteiger partial charge in [0.15, 0.2) is 0 Å². The molecule has 2 unspecified atom stereocenters. The lowest BCUT2D eigenvalue weighted by atomic mass is 9.72. The van der Waals surface area contributed by atoms with Gasteiger partial charge in [-0.25, -0.2) is 4.39 Å². The summed E-state index contributed by atoms with van der Waals surface area (Å²) in [5.41, 5.74) is 14.2. The lowest BCUT2D eigenvalue weighted by Gasteiger charge is -2.34. The Morgan fingerprint density at radius 1 is 1.07 bits per heavy atom. The van der Waals surface area contributed by atoms with Crippen LogP contribution >= 0.6 is 0 Å². The Hall–Kier alpha value is -4.32. The number of benzene rings is 1. The number of hydrogen-bond donors (Lipinski definition) is 3. The van der Waals surface area contributed by atoms with Crippen molar-refractivity contribution in [1.29, 1.82) is 0 Å². The first-order valence-electron chi connectivity index (χ1n) is 22.6. The number of allylic oxidation sites excluding steroid dienone is 7. The standard InChI is InChI=1S/C34H42FN5.C8H18.C6H12.C4H10.C2H6/c1-9-29(35)31(10-2)38-33-26(7)30(36)21-32(39-33)27-15-16-28(24(5)20-27)34(23(3)4)17-19-40(22-34)25(6)14-12-11-13-18-37-8;1-5-7-8(3,4)6-2;1-5-3-6(2)4-5;1-4(2)3;1-2/h9-13,15-16,18,20-21,32,38-39H,1-3,6,8,14,17,19,22,36H2,4-5,7H3;5-7H2,1-4H3;5-6H,3-4H2,1-2H3;4H,1-3H3;1-2H3/b12-11-,18-13-,31-29-;;;;. The van der Waals surface area contributed by atoms with E-state index in [1.807, 2.05) is 39.0 Å². The van der Waals surface area contributed by atoms with E-state index in [2.05, 4.69) is 154 Å². The number of hydrogen-bond acceptors (Lipinski definition) is 5.